The van der Waals surface area contributed by atoms with Crippen LogP contribution in [0.5, 0.6) is 5.75 Å². The van der Waals surface area contributed by atoms with Crippen molar-refractivity contribution >= 4 is 11.9 Å². The number of carbonyl (C=O) groups is 1. The average molecular weight is 525 g/mol. The number of hydrogen-bond acceptors (Lipinski definition) is 6. The van der Waals surface area contributed by atoms with Gasteiger partial charge in [-0.25, -0.2) is 13.8 Å². The third-order valence-corrected chi connectivity index (χ3v) is 7.43. The van der Waals surface area contributed by atoms with E-state index in [9.17, 15) is 13.6 Å². The molecule has 2 aromatic heterocycles. The molecule has 0 radical (unpaired) electrons. The van der Waals surface area contributed by atoms with Gasteiger partial charge in [0, 0.05) is 57.3 Å². The summed E-state index contributed by atoms with van der Waals surface area (Å²) in [7, 11) is 1.82. The Morgan fingerprint density at radius 3 is 2.79 bits per heavy atom. The van der Waals surface area contributed by atoms with Crippen LogP contribution in [0.3, 0.4) is 0 Å². The van der Waals surface area contributed by atoms with E-state index in [1.807, 2.05) is 30.8 Å². The molecule has 202 valence electrons. The van der Waals surface area contributed by atoms with Gasteiger partial charge < -0.3 is 19.5 Å². The number of imidazole rings is 1. The molecule has 0 aliphatic carbocycles. The van der Waals surface area contributed by atoms with Gasteiger partial charge in [-0.05, 0) is 49.4 Å². The highest BCUT2D eigenvalue weighted by molar-refractivity contribution is 5.97. The number of nitrogens with zero attached hydrogens (tertiary/aromatic N) is 5. The van der Waals surface area contributed by atoms with Crippen molar-refractivity contribution in [3.63, 3.8) is 0 Å². The Labute approximate surface area is 221 Å². The third kappa shape index (κ3) is 5.22. The van der Waals surface area contributed by atoms with Gasteiger partial charge in [0.1, 0.15) is 6.17 Å². The Morgan fingerprint density at radius 1 is 1.21 bits per heavy atom. The largest absolute Gasteiger partial charge is 0.491 e. The number of rotatable bonds is 9. The number of aromatic nitrogens is 3. The number of alkyl halides is 1. The van der Waals surface area contributed by atoms with Crippen LogP contribution in [-0.4, -0.2) is 69.7 Å². The van der Waals surface area contributed by atoms with Gasteiger partial charge in [0.05, 0.1) is 31.1 Å². The van der Waals surface area contributed by atoms with E-state index >= 15 is 0 Å². The number of nitrogens with one attached hydrogen (secondary N) is 1. The van der Waals surface area contributed by atoms with E-state index in [-0.39, 0.29) is 17.7 Å². The van der Waals surface area contributed by atoms with E-state index in [1.54, 1.807) is 24.1 Å². The van der Waals surface area contributed by atoms with Crippen LogP contribution in [0, 0.1) is 5.82 Å². The number of ether oxygens (including phenoxy) is 1. The van der Waals surface area contributed by atoms with Crippen LogP contribution in [0.4, 0.5) is 14.7 Å². The maximum Gasteiger partial charge on any atom is 0.254 e. The van der Waals surface area contributed by atoms with Crippen molar-refractivity contribution in [1.82, 2.24) is 24.3 Å². The van der Waals surface area contributed by atoms with Crippen molar-refractivity contribution in [2.24, 2.45) is 0 Å². The van der Waals surface area contributed by atoms with Crippen LogP contribution >= 0.6 is 0 Å². The van der Waals surface area contributed by atoms with Crippen LogP contribution in [0.25, 0.3) is 0 Å². The van der Waals surface area contributed by atoms with Crippen molar-refractivity contribution in [2.45, 2.75) is 52.0 Å². The smallest absolute Gasteiger partial charge is 0.254 e. The van der Waals surface area contributed by atoms with Gasteiger partial charge in [-0.3, -0.25) is 14.7 Å². The molecule has 5 rings (SSSR count). The quantitative estimate of drug-likeness (QED) is 0.452. The van der Waals surface area contributed by atoms with Crippen LogP contribution in [0.15, 0.2) is 36.8 Å². The predicted molar refractivity (Wildman–Crippen MR) is 141 cm³/mol. The molecule has 2 aliphatic heterocycles. The maximum atomic E-state index is 14.1. The molecule has 0 unspecified atom stereocenters. The van der Waals surface area contributed by atoms with Crippen LogP contribution in [-0.2, 0) is 19.5 Å². The lowest BCUT2D eigenvalue weighted by Crippen LogP contribution is -2.40. The maximum absolute atomic E-state index is 14.1. The first kappa shape index (κ1) is 26.1. The second-order valence-electron chi connectivity index (χ2n) is 9.93. The first-order valence-corrected chi connectivity index (χ1v) is 13.2. The summed E-state index contributed by atoms with van der Waals surface area (Å²) in [4.78, 5) is 26.4. The van der Waals surface area contributed by atoms with Crippen molar-refractivity contribution in [2.75, 3.05) is 38.6 Å². The van der Waals surface area contributed by atoms with Gasteiger partial charge in [-0.15, -0.1) is 0 Å². The Kier molecular flexibility index (Phi) is 7.60. The summed E-state index contributed by atoms with van der Waals surface area (Å²) in [5.41, 5.74) is 4.30. The summed E-state index contributed by atoms with van der Waals surface area (Å²) in [6.07, 6.45) is 5.19. The summed E-state index contributed by atoms with van der Waals surface area (Å²) in [5.74, 6) is 0.259. The zero-order chi connectivity index (χ0) is 26.8. The van der Waals surface area contributed by atoms with Gasteiger partial charge in [-0.2, -0.15) is 0 Å². The number of carbonyl (C=O) groups excluding carboxylic acids is 1. The lowest BCUT2D eigenvalue weighted by Gasteiger charge is -2.35. The molecule has 1 aromatic carbocycles. The van der Waals surface area contributed by atoms with Gasteiger partial charge in [0.2, 0.25) is 5.95 Å². The fraction of sp³-hybridized carbons (Fsp3) is 0.464. The minimum absolute atomic E-state index is 0.0878. The summed E-state index contributed by atoms with van der Waals surface area (Å²) in [6, 6.07) is 5.32. The highest BCUT2D eigenvalue weighted by atomic mass is 19.1. The molecule has 1 fully saturated rings. The van der Waals surface area contributed by atoms with Gasteiger partial charge in [-0.1, -0.05) is 6.07 Å². The zero-order valence-electron chi connectivity index (χ0n) is 22.1. The molecule has 3 aromatic rings. The molecule has 0 spiro atoms. The average Bonchev–Trinajstić information content (AvgIpc) is 3.53. The molecule has 1 saturated heterocycles. The second kappa shape index (κ2) is 11.1. The van der Waals surface area contributed by atoms with Crippen LogP contribution in [0.2, 0.25) is 0 Å². The number of halogens is 2. The number of hydrogen-bond donors (Lipinski definition) is 1. The number of pyridine rings is 1. The molecule has 38 heavy (non-hydrogen) atoms. The van der Waals surface area contributed by atoms with E-state index < -0.39 is 12.0 Å². The van der Waals surface area contributed by atoms with Gasteiger partial charge >= 0.3 is 0 Å². The Hall–Kier alpha value is -3.53. The molecule has 10 heteroatoms. The molecular weight excluding hydrogens is 490 g/mol. The third-order valence-electron chi connectivity index (χ3n) is 7.43. The number of benzene rings is 1. The monoisotopic (exact) mass is 524 g/mol. The number of anilines is 1. The first-order valence-electron chi connectivity index (χ1n) is 13.2. The van der Waals surface area contributed by atoms with Crippen molar-refractivity contribution < 1.29 is 18.3 Å². The number of fused-ring (bicyclic) bond motifs is 1. The summed E-state index contributed by atoms with van der Waals surface area (Å²) in [5, 5.41) is 3.09. The van der Waals surface area contributed by atoms with Crippen LogP contribution in [0.1, 0.15) is 59.1 Å². The number of amides is 1. The number of likely N-dealkylation sites (tertiary alicyclic amines) is 1. The molecular formula is C28H34F2N6O2. The summed E-state index contributed by atoms with van der Waals surface area (Å²) in [6.45, 7) is 6.83. The molecule has 1 amide bonds. The van der Waals surface area contributed by atoms with Gasteiger partial charge in [0.25, 0.3) is 5.91 Å². The van der Waals surface area contributed by atoms with E-state index in [0.29, 0.717) is 63.4 Å². The fourth-order valence-electron chi connectivity index (χ4n) is 5.50. The van der Waals surface area contributed by atoms with Crippen LogP contribution < -0.4 is 10.1 Å². The van der Waals surface area contributed by atoms with Crippen molar-refractivity contribution in [1.29, 1.82) is 0 Å². The molecule has 0 saturated carbocycles. The van der Waals surface area contributed by atoms with E-state index in [0.717, 1.165) is 28.8 Å². The standard InChI is InChI=1S/C28H34F2N6O2/c1-4-38-26-13-25(33-14-24(26)30)18(2)36-9-6-22-20(16-34-8-5-21(29)17-34)11-19(12-23(22)27(36)37)15-35-10-7-32-28(35)31-3/h7,10-14,18,21H,4-6,8-9,15-17H2,1-3H3,(H,31,32)/t18-,21-/m0/s1. The SMILES string of the molecule is CCOc1cc([C@H](C)N2CCc3c(CN4CC[C@H](F)C4)cc(Cn4ccnc4NC)cc3C2=O)ncc1F. The van der Waals surface area contributed by atoms with Gasteiger partial charge in [0.15, 0.2) is 11.6 Å². The second-order valence-corrected chi connectivity index (χ2v) is 9.93. The first-order chi connectivity index (χ1) is 18.4. The molecule has 4 heterocycles. The minimum Gasteiger partial charge on any atom is -0.491 e. The summed E-state index contributed by atoms with van der Waals surface area (Å²) < 4.78 is 35.5. The molecule has 0 bridgehead atoms. The highest BCUT2D eigenvalue weighted by Gasteiger charge is 2.32. The molecule has 2 atom stereocenters. The van der Waals surface area contributed by atoms with E-state index in [2.05, 4.69) is 26.3 Å². The van der Waals surface area contributed by atoms with Crippen molar-refractivity contribution in [3.8, 4) is 5.75 Å². The Morgan fingerprint density at radius 2 is 2.05 bits per heavy atom. The van der Waals surface area contributed by atoms with E-state index in [1.165, 1.54) is 0 Å². The minimum atomic E-state index is -0.805. The Balaban J connectivity index is 1.47. The topological polar surface area (TPSA) is 75.5 Å². The predicted octanol–water partition coefficient (Wildman–Crippen LogP) is 4.21. The zero-order valence-corrected chi connectivity index (χ0v) is 22.1. The molecule has 2 aliphatic rings. The lowest BCUT2D eigenvalue weighted by molar-refractivity contribution is 0.0667. The normalized spacial score (nSPS) is 18.5. The molecule has 8 nitrogen and oxygen atoms in total. The fourth-order valence-corrected chi connectivity index (χ4v) is 5.50. The van der Waals surface area contributed by atoms with Crippen molar-refractivity contribution in [3.05, 3.63) is 70.6 Å². The summed E-state index contributed by atoms with van der Waals surface area (Å²) >= 11 is 0. The lowest BCUT2D eigenvalue weighted by atomic mass is 9.90. The van der Waals surface area contributed by atoms with E-state index in [4.69, 9.17) is 4.74 Å². The Bertz CT molecular complexity index is 1310. The molecule has 1 N–H and O–H groups in total. The highest BCUT2D eigenvalue weighted by Crippen LogP contribution is 2.32.